The first-order valence-corrected chi connectivity index (χ1v) is 6.07. The highest BCUT2D eigenvalue weighted by Gasteiger charge is 2.16. The Labute approximate surface area is 118 Å². The Hall–Kier alpha value is -2.96. The number of nitro groups is 1. The van der Waals surface area contributed by atoms with Crippen molar-refractivity contribution in [3.8, 4) is 17.0 Å². The maximum absolute atomic E-state index is 13.1. The minimum absolute atomic E-state index is 0.0527. The van der Waals surface area contributed by atoms with Crippen LogP contribution < -0.4 is 0 Å². The normalized spacial score (nSPS) is 11.0. The monoisotopic (exact) mass is 287 g/mol. The minimum Gasteiger partial charge on any atom is -0.505 e. The highest BCUT2D eigenvalue weighted by Crippen LogP contribution is 2.32. The predicted molar refractivity (Wildman–Crippen MR) is 74.4 cm³/mol. The lowest BCUT2D eigenvalue weighted by atomic mass is 10.1. The van der Waals surface area contributed by atoms with Crippen LogP contribution in [-0.2, 0) is 7.05 Å². The smallest absolute Gasteiger partial charge is 0.270 e. The van der Waals surface area contributed by atoms with Crippen molar-refractivity contribution >= 4 is 16.6 Å². The molecule has 0 amide bonds. The number of non-ortho nitro benzene ring substituents is 1. The number of nitrogens with zero attached hydrogens (tertiary/aromatic N) is 3. The summed E-state index contributed by atoms with van der Waals surface area (Å²) in [4.78, 5) is 10.4. The highest BCUT2D eigenvalue weighted by molar-refractivity contribution is 5.94. The van der Waals surface area contributed by atoms with Crippen LogP contribution in [0.5, 0.6) is 5.75 Å². The van der Waals surface area contributed by atoms with Crippen molar-refractivity contribution in [2.45, 2.75) is 0 Å². The zero-order valence-corrected chi connectivity index (χ0v) is 10.9. The number of phenolic OH excluding ortho intramolecular Hbond substituents is 1. The molecule has 3 rings (SSSR count). The Morgan fingerprint density at radius 1 is 1.29 bits per heavy atom. The molecule has 0 aliphatic carbocycles. The van der Waals surface area contributed by atoms with Gasteiger partial charge in [0.1, 0.15) is 5.69 Å². The molecule has 0 unspecified atom stereocenters. The van der Waals surface area contributed by atoms with Crippen LogP contribution in [0.1, 0.15) is 0 Å². The van der Waals surface area contributed by atoms with Crippen LogP contribution in [0.4, 0.5) is 10.1 Å². The summed E-state index contributed by atoms with van der Waals surface area (Å²) in [6.07, 6.45) is 0. The zero-order valence-electron chi connectivity index (χ0n) is 10.9. The van der Waals surface area contributed by atoms with Crippen LogP contribution in [0.25, 0.3) is 22.2 Å². The average molecular weight is 287 g/mol. The van der Waals surface area contributed by atoms with Crippen LogP contribution in [0.3, 0.4) is 0 Å². The fraction of sp³-hybridized carbons (Fsp3) is 0.0714. The summed E-state index contributed by atoms with van der Waals surface area (Å²) < 4.78 is 14.7. The molecule has 1 heterocycles. The molecule has 0 spiro atoms. The van der Waals surface area contributed by atoms with Crippen molar-refractivity contribution in [2.75, 3.05) is 0 Å². The van der Waals surface area contributed by atoms with E-state index in [1.54, 1.807) is 17.8 Å². The average Bonchev–Trinajstić information content (AvgIpc) is 2.79. The van der Waals surface area contributed by atoms with Gasteiger partial charge in [-0.1, -0.05) is 0 Å². The van der Waals surface area contributed by atoms with Gasteiger partial charge < -0.3 is 5.11 Å². The summed E-state index contributed by atoms with van der Waals surface area (Å²) in [6, 6.07) is 8.26. The third kappa shape index (κ3) is 2.08. The lowest BCUT2D eigenvalue weighted by Crippen LogP contribution is -1.90. The van der Waals surface area contributed by atoms with Gasteiger partial charge in [-0.25, -0.2) is 4.39 Å². The van der Waals surface area contributed by atoms with Gasteiger partial charge in [0.15, 0.2) is 11.6 Å². The molecule has 0 fully saturated rings. The summed E-state index contributed by atoms with van der Waals surface area (Å²) >= 11 is 0. The van der Waals surface area contributed by atoms with E-state index >= 15 is 0 Å². The summed E-state index contributed by atoms with van der Waals surface area (Å²) in [6.45, 7) is 0. The summed E-state index contributed by atoms with van der Waals surface area (Å²) in [7, 11) is 1.71. The van der Waals surface area contributed by atoms with E-state index in [0.717, 1.165) is 6.07 Å². The molecule has 0 bridgehead atoms. The van der Waals surface area contributed by atoms with Crippen molar-refractivity contribution in [3.05, 3.63) is 52.3 Å². The minimum atomic E-state index is -0.732. The van der Waals surface area contributed by atoms with Crippen LogP contribution in [0.15, 0.2) is 36.4 Å². The van der Waals surface area contributed by atoms with Gasteiger partial charge in [-0.3, -0.25) is 14.8 Å². The number of aromatic hydroxyl groups is 1. The quantitative estimate of drug-likeness (QED) is 0.580. The Morgan fingerprint density at radius 3 is 2.71 bits per heavy atom. The van der Waals surface area contributed by atoms with Crippen LogP contribution in [-0.4, -0.2) is 19.8 Å². The molecule has 106 valence electrons. The molecule has 1 aromatic heterocycles. The lowest BCUT2D eigenvalue weighted by molar-refractivity contribution is -0.384. The molecular weight excluding hydrogens is 277 g/mol. The van der Waals surface area contributed by atoms with Gasteiger partial charge >= 0.3 is 0 Å². The van der Waals surface area contributed by atoms with Crippen LogP contribution >= 0.6 is 0 Å². The molecule has 0 atom stereocenters. The number of fused-ring (bicyclic) bond motifs is 1. The van der Waals surface area contributed by atoms with Crippen molar-refractivity contribution < 1.29 is 14.4 Å². The van der Waals surface area contributed by atoms with Gasteiger partial charge in [-0.05, 0) is 24.3 Å². The Morgan fingerprint density at radius 2 is 2.05 bits per heavy atom. The molecule has 0 aliphatic heterocycles. The van der Waals surface area contributed by atoms with Crippen molar-refractivity contribution in [3.63, 3.8) is 0 Å². The van der Waals surface area contributed by atoms with E-state index in [9.17, 15) is 19.6 Å². The summed E-state index contributed by atoms with van der Waals surface area (Å²) in [5, 5.41) is 25.2. The predicted octanol–water partition coefficient (Wildman–Crippen LogP) is 2.99. The largest absolute Gasteiger partial charge is 0.505 e. The van der Waals surface area contributed by atoms with E-state index in [2.05, 4.69) is 5.10 Å². The first kappa shape index (κ1) is 13.0. The number of halogens is 1. The molecule has 0 saturated carbocycles. The van der Waals surface area contributed by atoms with E-state index in [-0.39, 0.29) is 5.69 Å². The Balaban J connectivity index is 2.28. The number of aryl methyl sites for hydroxylation is 1. The zero-order chi connectivity index (χ0) is 15.1. The van der Waals surface area contributed by atoms with Gasteiger partial charge in [0.05, 0.1) is 10.4 Å². The van der Waals surface area contributed by atoms with E-state index in [0.29, 0.717) is 22.2 Å². The standard InChI is InChI=1S/C14H10FN3O3/c1-17-12-5-3-9(18(20)21)7-10(12)14(16-17)8-2-4-11(15)13(19)6-8/h2-7,19H,1H3. The van der Waals surface area contributed by atoms with Gasteiger partial charge in [0.25, 0.3) is 5.69 Å². The molecule has 3 aromatic rings. The Kier molecular flexibility index (Phi) is 2.83. The number of benzene rings is 2. The molecule has 0 radical (unpaired) electrons. The van der Waals surface area contributed by atoms with Crippen LogP contribution in [0, 0.1) is 15.9 Å². The fourth-order valence-electron chi connectivity index (χ4n) is 2.24. The second kappa shape index (κ2) is 4.55. The number of nitro benzene ring substituents is 1. The first-order chi connectivity index (χ1) is 9.97. The number of hydrogen-bond donors (Lipinski definition) is 1. The Bertz CT molecular complexity index is 873. The lowest BCUT2D eigenvalue weighted by Gasteiger charge is -2.00. The summed E-state index contributed by atoms with van der Waals surface area (Å²) in [5.74, 6) is -1.22. The van der Waals surface area contributed by atoms with Gasteiger partial charge in [0.2, 0.25) is 0 Å². The third-order valence-corrected chi connectivity index (χ3v) is 3.26. The van der Waals surface area contributed by atoms with E-state index in [4.69, 9.17) is 0 Å². The van der Waals surface area contributed by atoms with Gasteiger partial charge in [0, 0.05) is 30.1 Å². The third-order valence-electron chi connectivity index (χ3n) is 3.26. The highest BCUT2D eigenvalue weighted by atomic mass is 19.1. The molecule has 2 aromatic carbocycles. The number of phenols is 1. The van der Waals surface area contributed by atoms with E-state index < -0.39 is 16.5 Å². The number of aromatic nitrogens is 2. The fourth-order valence-corrected chi connectivity index (χ4v) is 2.24. The van der Waals surface area contributed by atoms with Crippen molar-refractivity contribution in [1.82, 2.24) is 9.78 Å². The number of rotatable bonds is 2. The maximum Gasteiger partial charge on any atom is 0.270 e. The second-order valence-corrected chi connectivity index (χ2v) is 4.60. The van der Waals surface area contributed by atoms with Gasteiger partial charge in [-0.2, -0.15) is 5.10 Å². The molecule has 6 nitrogen and oxygen atoms in total. The van der Waals surface area contributed by atoms with Crippen molar-refractivity contribution in [1.29, 1.82) is 0 Å². The SMILES string of the molecule is Cn1nc(-c2ccc(F)c(O)c2)c2cc([N+](=O)[O-])ccc21. The molecule has 21 heavy (non-hydrogen) atoms. The summed E-state index contributed by atoms with van der Waals surface area (Å²) in [5.41, 5.74) is 1.59. The molecule has 7 heteroatoms. The van der Waals surface area contributed by atoms with Crippen molar-refractivity contribution in [2.24, 2.45) is 7.05 Å². The van der Waals surface area contributed by atoms with Gasteiger partial charge in [-0.15, -0.1) is 0 Å². The molecule has 0 saturated heterocycles. The molecular formula is C14H10FN3O3. The number of hydrogen-bond acceptors (Lipinski definition) is 4. The molecule has 1 N–H and O–H groups in total. The topological polar surface area (TPSA) is 81.2 Å². The van der Waals surface area contributed by atoms with E-state index in [1.807, 2.05) is 0 Å². The molecule has 0 aliphatic rings. The maximum atomic E-state index is 13.1. The first-order valence-electron chi connectivity index (χ1n) is 6.07. The van der Waals surface area contributed by atoms with Crippen LogP contribution in [0.2, 0.25) is 0 Å². The second-order valence-electron chi connectivity index (χ2n) is 4.60. The van der Waals surface area contributed by atoms with E-state index in [1.165, 1.54) is 24.3 Å².